The maximum Gasteiger partial charge on any atom is 0.335 e. The third-order valence-corrected chi connectivity index (χ3v) is 4.45. The quantitative estimate of drug-likeness (QED) is 0.682. The predicted molar refractivity (Wildman–Crippen MR) is 93.3 cm³/mol. The highest BCUT2D eigenvalue weighted by Gasteiger charge is 2.33. The van der Waals surface area contributed by atoms with Gasteiger partial charge >= 0.3 is 5.97 Å². The fourth-order valence-electron chi connectivity index (χ4n) is 2.06. The van der Waals surface area contributed by atoms with Crippen LogP contribution >= 0.6 is 24.0 Å². The maximum absolute atomic E-state index is 12.6. The van der Waals surface area contributed by atoms with Crippen LogP contribution in [0.5, 0.6) is 0 Å². The fraction of sp³-hybridized carbons (Fsp3) is 0. The first-order valence-corrected chi connectivity index (χ1v) is 7.80. The zero-order valence-electron chi connectivity index (χ0n) is 11.7. The molecule has 1 aromatic heterocycles. The minimum atomic E-state index is -1.02. The van der Waals surface area contributed by atoms with Crippen LogP contribution in [0.25, 0.3) is 6.08 Å². The van der Waals surface area contributed by atoms with E-state index in [4.69, 9.17) is 17.3 Å². The molecule has 0 bridgehead atoms. The molecule has 0 radical (unpaired) electrons. The number of anilines is 1. The summed E-state index contributed by atoms with van der Waals surface area (Å²) < 4.78 is 0.410. The van der Waals surface area contributed by atoms with Crippen LogP contribution in [0, 0.1) is 0 Å². The number of hydrogen-bond acceptors (Lipinski definition) is 5. The summed E-state index contributed by atoms with van der Waals surface area (Å²) in [6, 6.07) is 9.67. The second-order valence-electron chi connectivity index (χ2n) is 4.66. The minimum Gasteiger partial charge on any atom is -0.478 e. The topological polar surface area (TPSA) is 70.5 Å². The van der Waals surface area contributed by atoms with E-state index in [1.54, 1.807) is 36.7 Å². The number of carbonyl (C=O) groups is 2. The standard InChI is InChI=1S/C16H10N2O3S2/c19-14-13(8-10-2-1-7-17-9-10)23-16(22)18(14)12-5-3-11(4-6-12)15(20)21/h1-9H,(H,20,21). The first kappa shape index (κ1) is 15.4. The molecule has 1 fully saturated rings. The Labute approximate surface area is 141 Å². The molecule has 0 saturated carbocycles. The molecule has 1 aromatic carbocycles. The number of rotatable bonds is 3. The zero-order valence-corrected chi connectivity index (χ0v) is 13.3. The Hall–Kier alpha value is -2.51. The van der Waals surface area contributed by atoms with Crippen LogP contribution in [0.15, 0.2) is 53.7 Å². The van der Waals surface area contributed by atoms with E-state index >= 15 is 0 Å². The summed E-state index contributed by atoms with van der Waals surface area (Å²) in [7, 11) is 0. The number of pyridine rings is 1. The van der Waals surface area contributed by atoms with Gasteiger partial charge in [-0.3, -0.25) is 14.7 Å². The third kappa shape index (κ3) is 3.15. The van der Waals surface area contributed by atoms with E-state index in [0.717, 1.165) is 5.56 Å². The number of amides is 1. The van der Waals surface area contributed by atoms with Crippen LogP contribution in [0.2, 0.25) is 0 Å². The number of thiocarbonyl (C=S) groups is 1. The second kappa shape index (κ2) is 6.31. The normalized spacial score (nSPS) is 16.2. The molecule has 2 heterocycles. The lowest BCUT2D eigenvalue weighted by Gasteiger charge is -2.14. The number of thioether (sulfide) groups is 1. The number of carbonyl (C=O) groups excluding carboxylic acids is 1. The van der Waals surface area contributed by atoms with Crippen LogP contribution in [-0.2, 0) is 4.79 Å². The van der Waals surface area contributed by atoms with Crippen LogP contribution in [0.4, 0.5) is 5.69 Å². The molecule has 0 aliphatic carbocycles. The number of carboxylic acids is 1. The molecule has 2 aromatic rings. The lowest BCUT2D eigenvalue weighted by Crippen LogP contribution is -2.27. The Balaban J connectivity index is 1.90. The maximum atomic E-state index is 12.6. The minimum absolute atomic E-state index is 0.157. The van der Waals surface area contributed by atoms with Crippen molar-refractivity contribution in [3.05, 3.63) is 64.8 Å². The summed E-state index contributed by atoms with van der Waals surface area (Å²) in [5, 5.41) is 8.93. The van der Waals surface area contributed by atoms with E-state index < -0.39 is 5.97 Å². The molecule has 114 valence electrons. The molecule has 1 aliphatic heterocycles. The van der Waals surface area contributed by atoms with Gasteiger partial charge in [0.2, 0.25) is 0 Å². The van der Waals surface area contributed by atoms with Crippen molar-refractivity contribution in [3.8, 4) is 0 Å². The predicted octanol–water partition coefficient (Wildman–Crippen LogP) is 3.19. The lowest BCUT2D eigenvalue weighted by atomic mass is 10.2. The SMILES string of the molecule is O=C(O)c1ccc(N2C(=O)C(=Cc3cccnc3)SC2=S)cc1. The molecule has 1 N–H and O–H groups in total. The molecular formula is C16H10N2O3S2. The van der Waals surface area contributed by atoms with Gasteiger partial charge in [-0.1, -0.05) is 30.0 Å². The third-order valence-electron chi connectivity index (χ3n) is 3.15. The summed E-state index contributed by atoms with van der Waals surface area (Å²) in [6.07, 6.45) is 5.05. The molecule has 3 rings (SSSR count). The average molecular weight is 342 g/mol. The van der Waals surface area contributed by atoms with Gasteiger partial charge in [-0.05, 0) is 42.0 Å². The van der Waals surface area contributed by atoms with Gasteiger partial charge in [-0.15, -0.1) is 0 Å². The van der Waals surface area contributed by atoms with Crippen molar-refractivity contribution in [1.82, 2.24) is 4.98 Å². The van der Waals surface area contributed by atoms with Crippen LogP contribution in [0.3, 0.4) is 0 Å². The summed E-state index contributed by atoms with van der Waals surface area (Å²) >= 11 is 6.48. The fourth-order valence-corrected chi connectivity index (χ4v) is 3.36. The summed E-state index contributed by atoms with van der Waals surface area (Å²) in [4.78, 5) is 29.4. The Morgan fingerprint density at radius 3 is 2.61 bits per heavy atom. The van der Waals surface area contributed by atoms with E-state index in [1.165, 1.54) is 28.8 Å². The molecule has 1 saturated heterocycles. The molecule has 0 atom stereocenters. The number of aromatic nitrogens is 1. The Bertz CT molecular complexity index is 817. The van der Waals surface area contributed by atoms with Crippen LogP contribution in [-0.4, -0.2) is 26.3 Å². The van der Waals surface area contributed by atoms with Gasteiger partial charge in [0.25, 0.3) is 5.91 Å². The van der Waals surface area contributed by atoms with Crippen molar-refractivity contribution >= 4 is 51.9 Å². The van der Waals surface area contributed by atoms with Crippen LogP contribution in [0.1, 0.15) is 15.9 Å². The van der Waals surface area contributed by atoms with Crippen LogP contribution < -0.4 is 4.90 Å². The molecule has 0 unspecified atom stereocenters. The van der Waals surface area contributed by atoms with Gasteiger partial charge in [-0.25, -0.2) is 4.79 Å². The molecule has 0 spiro atoms. The number of benzene rings is 1. The van der Waals surface area contributed by atoms with E-state index in [9.17, 15) is 9.59 Å². The molecular weight excluding hydrogens is 332 g/mol. The van der Waals surface area contributed by atoms with Gasteiger partial charge in [-0.2, -0.15) is 0 Å². The van der Waals surface area contributed by atoms with Crippen molar-refractivity contribution in [1.29, 1.82) is 0 Å². The van der Waals surface area contributed by atoms with Gasteiger partial charge in [0.1, 0.15) is 0 Å². The van der Waals surface area contributed by atoms with Crippen molar-refractivity contribution < 1.29 is 14.7 Å². The molecule has 1 amide bonds. The summed E-state index contributed by atoms with van der Waals surface area (Å²) in [6.45, 7) is 0. The first-order chi connectivity index (χ1) is 11.1. The molecule has 5 nitrogen and oxygen atoms in total. The van der Waals surface area contributed by atoms with Crippen molar-refractivity contribution in [2.75, 3.05) is 4.90 Å². The van der Waals surface area contributed by atoms with Crippen molar-refractivity contribution in [3.63, 3.8) is 0 Å². The largest absolute Gasteiger partial charge is 0.478 e. The van der Waals surface area contributed by atoms with Gasteiger partial charge in [0, 0.05) is 12.4 Å². The number of hydrogen-bond donors (Lipinski definition) is 1. The molecule has 7 heteroatoms. The summed E-state index contributed by atoms with van der Waals surface area (Å²) in [5.41, 5.74) is 1.52. The highest BCUT2D eigenvalue weighted by atomic mass is 32.2. The van der Waals surface area contributed by atoms with Crippen molar-refractivity contribution in [2.24, 2.45) is 0 Å². The Kier molecular flexibility index (Phi) is 4.22. The average Bonchev–Trinajstić information content (AvgIpc) is 2.82. The number of nitrogens with zero attached hydrogens (tertiary/aromatic N) is 2. The van der Waals surface area contributed by atoms with E-state index in [-0.39, 0.29) is 11.5 Å². The lowest BCUT2D eigenvalue weighted by molar-refractivity contribution is -0.113. The molecule has 23 heavy (non-hydrogen) atoms. The summed E-state index contributed by atoms with van der Waals surface area (Å²) in [5.74, 6) is -1.25. The molecule has 1 aliphatic rings. The van der Waals surface area contributed by atoms with E-state index in [2.05, 4.69) is 4.98 Å². The monoisotopic (exact) mass is 342 g/mol. The van der Waals surface area contributed by atoms with Crippen molar-refractivity contribution in [2.45, 2.75) is 0 Å². The van der Waals surface area contributed by atoms with Gasteiger partial charge in [0.05, 0.1) is 16.2 Å². The van der Waals surface area contributed by atoms with E-state index in [1.807, 2.05) is 6.07 Å². The van der Waals surface area contributed by atoms with Gasteiger partial charge in [0.15, 0.2) is 4.32 Å². The van der Waals surface area contributed by atoms with Gasteiger partial charge < -0.3 is 5.11 Å². The zero-order chi connectivity index (χ0) is 16.4. The van der Waals surface area contributed by atoms with E-state index in [0.29, 0.717) is 14.9 Å². The smallest absolute Gasteiger partial charge is 0.335 e. The first-order valence-electron chi connectivity index (χ1n) is 6.57. The second-order valence-corrected chi connectivity index (χ2v) is 6.33. The number of carboxylic acid groups (broad SMARTS) is 1. The highest BCUT2D eigenvalue weighted by Crippen LogP contribution is 2.35. The number of aromatic carboxylic acids is 1. The highest BCUT2D eigenvalue weighted by molar-refractivity contribution is 8.27. The Morgan fingerprint density at radius 1 is 1.26 bits per heavy atom. The Morgan fingerprint density at radius 2 is 2.00 bits per heavy atom.